The van der Waals surface area contributed by atoms with Crippen molar-refractivity contribution in [2.45, 2.75) is 6.92 Å². The van der Waals surface area contributed by atoms with Crippen molar-refractivity contribution in [3.05, 3.63) is 59.6 Å². The Balaban J connectivity index is 1.57. The summed E-state index contributed by atoms with van der Waals surface area (Å²) in [4.78, 5) is 28.5. The molecule has 0 saturated heterocycles. The fourth-order valence-electron chi connectivity index (χ4n) is 2.52. The summed E-state index contributed by atoms with van der Waals surface area (Å²) in [7, 11) is 1.46. The van der Waals surface area contributed by atoms with E-state index >= 15 is 0 Å². The zero-order chi connectivity index (χ0) is 21.3. The first-order valence-electron chi connectivity index (χ1n) is 9.13. The second-order valence-corrected chi connectivity index (χ2v) is 6.85. The summed E-state index contributed by atoms with van der Waals surface area (Å²) in [5, 5.41) is 7.71. The molecule has 3 rings (SSSR count). The third kappa shape index (κ3) is 5.71. The normalized spacial score (nSPS) is 10.2. The van der Waals surface area contributed by atoms with Crippen molar-refractivity contribution in [3.63, 3.8) is 0 Å². The zero-order valence-corrected chi connectivity index (χ0v) is 17.3. The Morgan fingerprint density at radius 3 is 2.50 bits per heavy atom. The van der Waals surface area contributed by atoms with Crippen molar-refractivity contribution in [2.75, 3.05) is 31.0 Å². The van der Waals surface area contributed by atoms with Crippen LogP contribution in [0.1, 0.15) is 17.3 Å². The maximum atomic E-state index is 12.3. The van der Waals surface area contributed by atoms with Crippen molar-refractivity contribution in [2.24, 2.45) is 0 Å². The molecule has 0 bridgehead atoms. The number of nitrogens with one attached hydrogen (secondary N) is 2. The summed E-state index contributed by atoms with van der Waals surface area (Å²) in [6.07, 6.45) is 1.61. The lowest BCUT2D eigenvalue weighted by atomic mass is 10.2. The minimum Gasteiger partial charge on any atom is -0.494 e. The van der Waals surface area contributed by atoms with Crippen molar-refractivity contribution in [1.29, 1.82) is 0 Å². The van der Waals surface area contributed by atoms with Gasteiger partial charge in [-0.25, -0.2) is 4.98 Å². The summed E-state index contributed by atoms with van der Waals surface area (Å²) >= 11 is 1.32. The lowest BCUT2D eigenvalue weighted by Gasteiger charge is -2.12. The van der Waals surface area contributed by atoms with Crippen molar-refractivity contribution >= 4 is 34.0 Å². The highest BCUT2D eigenvalue weighted by atomic mass is 32.1. The summed E-state index contributed by atoms with van der Waals surface area (Å²) in [5.41, 5.74) is 1.02. The number of hydrogen-bond donors (Lipinski definition) is 2. The van der Waals surface area contributed by atoms with Gasteiger partial charge in [-0.15, -0.1) is 11.3 Å². The number of aromatic nitrogens is 1. The molecule has 30 heavy (non-hydrogen) atoms. The van der Waals surface area contributed by atoms with Gasteiger partial charge in [0, 0.05) is 22.8 Å². The Labute approximate surface area is 177 Å². The van der Waals surface area contributed by atoms with Gasteiger partial charge in [-0.1, -0.05) is 0 Å². The molecule has 2 amide bonds. The van der Waals surface area contributed by atoms with Gasteiger partial charge in [0.2, 0.25) is 0 Å². The van der Waals surface area contributed by atoms with Crippen LogP contribution in [-0.2, 0) is 4.79 Å². The molecule has 0 spiro atoms. The monoisotopic (exact) mass is 427 g/mol. The SMILES string of the molecule is CCOc1ccc(NC(=O)COc2ccc(C(=O)Nc3nccs3)cc2OC)cc1. The summed E-state index contributed by atoms with van der Waals surface area (Å²) in [5.74, 6) is 0.783. The van der Waals surface area contributed by atoms with E-state index < -0.39 is 0 Å². The predicted octanol–water partition coefficient (Wildman–Crippen LogP) is 3.82. The van der Waals surface area contributed by atoms with Gasteiger partial charge in [0.1, 0.15) is 5.75 Å². The number of carbonyl (C=O) groups is 2. The summed E-state index contributed by atoms with van der Waals surface area (Å²) < 4.78 is 16.2. The molecule has 0 aliphatic rings. The Hall–Kier alpha value is -3.59. The molecule has 156 valence electrons. The number of rotatable bonds is 9. The first-order valence-corrected chi connectivity index (χ1v) is 10.0. The molecule has 8 nitrogen and oxygen atoms in total. The Bertz CT molecular complexity index is 990. The fourth-order valence-corrected chi connectivity index (χ4v) is 3.05. The van der Waals surface area contributed by atoms with E-state index in [4.69, 9.17) is 14.2 Å². The number of benzene rings is 2. The maximum Gasteiger partial charge on any atom is 0.262 e. The van der Waals surface area contributed by atoms with Crippen LogP contribution in [0.4, 0.5) is 10.8 Å². The number of hydrogen-bond acceptors (Lipinski definition) is 7. The molecule has 0 aliphatic heterocycles. The molecule has 1 aromatic heterocycles. The van der Waals surface area contributed by atoms with Crippen molar-refractivity contribution in [3.8, 4) is 17.2 Å². The second kappa shape index (κ2) is 10.3. The number of carbonyl (C=O) groups excluding carboxylic acids is 2. The molecule has 0 atom stereocenters. The number of ether oxygens (including phenoxy) is 3. The largest absolute Gasteiger partial charge is 0.494 e. The van der Waals surface area contributed by atoms with E-state index in [0.717, 1.165) is 5.75 Å². The minimum absolute atomic E-state index is 0.214. The van der Waals surface area contributed by atoms with Crippen LogP contribution in [-0.4, -0.2) is 37.1 Å². The third-order valence-electron chi connectivity index (χ3n) is 3.89. The lowest BCUT2D eigenvalue weighted by Crippen LogP contribution is -2.20. The van der Waals surface area contributed by atoms with Gasteiger partial charge in [0.25, 0.3) is 11.8 Å². The lowest BCUT2D eigenvalue weighted by molar-refractivity contribution is -0.118. The highest BCUT2D eigenvalue weighted by molar-refractivity contribution is 7.13. The van der Waals surface area contributed by atoms with E-state index in [1.807, 2.05) is 6.92 Å². The highest BCUT2D eigenvalue weighted by Gasteiger charge is 2.13. The average Bonchev–Trinajstić information content (AvgIpc) is 3.26. The van der Waals surface area contributed by atoms with Gasteiger partial charge < -0.3 is 19.5 Å². The van der Waals surface area contributed by atoms with Crippen LogP contribution in [0.15, 0.2) is 54.0 Å². The van der Waals surface area contributed by atoms with Gasteiger partial charge >= 0.3 is 0 Å². The molecule has 0 radical (unpaired) electrons. The number of amides is 2. The average molecular weight is 427 g/mol. The smallest absolute Gasteiger partial charge is 0.262 e. The molecule has 2 aromatic carbocycles. The summed E-state index contributed by atoms with van der Waals surface area (Å²) in [6, 6.07) is 11.8. The van der Waals surface area contributed by atoms with E-state index in [1.165, 1.54) is 18.4 Å². The first kappa shape index (κ1) is 21.1. The molecule has 0 fully saturated rings. The van der Waals surface area contributed by atoms with Gasteiger partial charge in [0.15, 0.2) is 23.2 Å². The Kier molecular flexibility index (Phi) is 7.23. The maximum absolute atomic E-state index is 12.3. The Morgan fingerprint density at radius 1 is 1.03 bits per heavy atom. The van der Waals surface area contributed by atoms with Crippen molar-refractivity contribution in [1.82, 2.24) is 4.98 Å². The topological polar surface area (TPSA) is 98.8 Å². The molecule has 0 unspecified atom stereocenters. The van der Waals surface area contributed by atoms with E-state index in [2.05, 4.69) is 15.6 Å². The number of methoxy groups -OCH3 is 1. The van der Waals surface area contributed by atoms with Gasteiger partial charge in [-0.3, -0.25) is 14.9 Å². The molecule has 3 aromatic rings. The van der Waals surface area contributed by atoms with Crippen LogP contribution in [0.25, 0.3) is 0 Å². The second-order valence-electron chi connectivity index (χ2n) is 5.95. The van der Waals surface area contributed by atoms with Gasteiger partial charge in [-0.2, -0.15) is 0 Å². The molecular formula is C21H21N3O5S. The van der Waals surface area contributed by atoms with Crippen LogP contribution in [0.2, 0.25) is 0 Å². The van der Waals surface area contributed by atoms with E-state index in [-0.39, 0.29) is 18.4 Å². The van der Waals surface area contributed by atoms with E-state index in [0.29, 0.717) is 34.5 Å². The highest BCUT2D eigenvalue weighted by Crippen LogP contribution is 2.28. The van der Waals surface area contributed by atoms with Crippen LogP contribution in [0, 0.1) is 0 Å². The van der Waals surface area contributed by atoms with Gasteiger partial charge in [0.05, 0.1) is 13.7 Å². The molecule has 1 heterocycles. The van der Waals surface area contributed by atoms with Crippen LogP contribution >= 0.6 is 11.3 Å². The first-order chi connectivity index (χ1) is 14.6. The third-order valence-corrected chi connectivity index (χ3v) is 4.57. The standard InChI is InChI=1S/C21H21N3O5S/c1-3-28-16-7-5-15(6-8-16)23-19(25)13-29-17-9-4-14(12-18(17)27-2)20(26)24-21-22-10-11-30-21/h4-12H,3,13H2,1-2H3,(H,23,25)(H,22,24,26). The molecule has 9 heteroatoms. The molecule has 2 N–H and O–H groups in total. The summed E-state index contributed by atoms with van der Waals surface area (Å²) in [6.45, 7) is 2.27. The number of nitrogens with zero attached hydrogens (tertiary/aromatic N) is 1. The van der Waals surface area contributed by atoms with E-state index in [9.17, 15) is 9.59 Å². The van der Waals surface area contributed by atoms with Crippen LogP contribution in [0.3, 0.4) is 0 Å². The van der Waals surface area contributed by atoms with Crippen LogP contribution < -0.4 is 24.8 Å². The Morgan fingerprint density at radius 2 is 1.83 bits per heavy atom. The molecule has 0 aliphatic carbocycles. The van der Waals surface area contributed by atoms with Crippen LogP contribution in [0.5, 0.6) is 17.2 Å². The number of anilines is 2. The molecular weight excluding hydrogens is 406 g/mol. The van der Waals surface area contributed by atoms with Crippen molar-refractivity contribution < 1.29 is 23.8 Å². The van der Waals surface area contributed by atoms with Gasteiger partial charge in [-0.05, 0) is 49.4 Å². The minimum atomic E-state index is -0.327. The molecule has 0 saturated carbocycles. The fraction of sp³-hybridized carbons (Fsp3) is 0.190. The quantitative estimate of drug-likeness (QED) is 0.539. The number of thiazole rings is 1. The van der Waals surface area contributed by atoms with E-state index in [1.54, 1.807) is 54.0 Å². The zero-order valence-electron chi connectivity index (χ0n) is 16.5. The predicted molar refractivity (Wildman–Crippen MR) is 115 cm³/mol.